The van der Waals surface area contributed by atoms with Crippen molar-refractivity contribution in [1.82, 2.24) is 19.6 Å². The molecule has 0 amide bonds. The van der Waals surface area contributed by atoms with E-state index >= 15 is 0 Å². The Balaban J connectivity index is 2.27. The lowest BCUT2D eigenvalue weighted by molar-refractivity contribution is 1.08. The number of hydrogen-bond donors (Lipinski definition) is 1. The van der Waals surface area contributed by atoms with Crippen LogP contribution in [0.1, 0.15) is 0 Å². The first-order valence-corrected chi connectivity index (χ1v) is 5.33. The van der Waals surface area contributed by atoms with Gasteiger partial charge >= 0.3 is 0 Å². The van der Waals surface area contributed by atoms with Gasteiger partial charge in [-0.05, 0) is 18.2 Å². The number of hydrogen-bond acceptors (Lipinski definition) is 4. The minimum atomic E-state index is 0.545. The summed E-state index contributed by atoms with van der Waals surface area (Å²) in [4.78, 5) is 4.03. The molecule has 84 valence electrons. The van der Waals surface area contributed by atoms with Gasteiger partial charge in [0.05, 0.1) is 5.02 Å². The zero-order valence-electron chi connectivity index (χ0n) is 8.71. The molecule has 0 fully saturated rings. The van der Waals surface area contributed by atoms with E-state index in [0.717, 1.165) is 11.2 Å². The molecule has 0 saturated carbocycles. The zero-order chi connectivity index (χ0) is 11.8. The molecule has 0 bridgehead atoms. The van der Waals surface area contributed by atoms with Crippen molar-refractivity contribution in [3.05, 3.63) is 41.8 Å². The van der Waals surface area contributed by atoms with Gasteiger partial charge in [0.1, 0.15) is 6.33 Å². The van der Waals surface area contributed by atoms with E-state index in [1.165, 1.54) is 0 Å². The Morgan fingerprint density at radius 3 is 2.88 bits per heavy atom. The van der Waals surface area contributed by atoms with Crippen LogP contribution in [-0.4, -0.2) is 19.6 Å². The van der Waals surface area contributed by atoms with E-state index in [2.05, 4.69) is 15.2 Å². The number of rotatable bonds is 1. The van der Waals surface area contributed by atoms with Gasteiger partial charge in [-0.3, -0.25) is 4.40 Å². The molecule has 2 heterocycles. The van der Waals surface area contributed by atoms with E-state index in [4.69, 9.17) is 17.3 Å². The van der Waals surface area contributed by atoms with Crippen LogP contribution in [0.5, 0.6) is 0 Å². The highest BCUT2D eigenvalue weighted by Gasteiger charge is 2.11. The predicted molar refractivity (Wildman–Crippen MR) is 65.6 cm³/mol. The number of aromatic nitrogens is 4. The van der Waals surface area contributed by atoms with Crippen LogP contribution >= 0.6 is 11.6 Å². The molecule has 0 radical (unpaired) electrons. The molecule has 3 rings (SSSR count). The van der Waals surface area contributed by atoms with Crippen molar-refractivity contribution in [2.75, 3.05) is 5.73 Å². The standard InChI is InChI=1S/C11H8ClN5/c12-9-5-7(13)1-2-8(9)11-16-15-10-3-4-14-6-17(10)11/h1-6H,13H2. The Hall–Kier alpha value is -2.14. The van der Waals surface area contributed by atoms with Gasteiger partial charge in [-0.25, -0.2) is 4.98 Å². The van der Waals surface area contributed by atoms with Gasteiger partial charge in [0.2, 0.25) is 0 Å². The quantitative estimate of drug-likeness (QED) is 0.666. The number of anilines is 1. The highest BCUT2D eigenvalue weighted by Crippen LogP contribution is 2.28. The van der Waals surface area contributed by atoms with Crippen LogP contribution in [0.15, 0.2) is 36.8 Å². The summed E-state index contributed by atoms with van der Waals surface area (Å²) in [5.41, 5.74) is 7.77. The third-order valence-electron chi connectivity index (χ3n) is 2.45. The number of nitrogen functional groups attached to an aromatic ring is 1. The largest absolute Gasteiger partial charge is 0.399 e. The molecule has 17 heavy (non-hydrogen) atoms. The number of fused-ring (bicyclic) bond motifs is 1. The van der Waals surface area contributed by atoms with Gasteiger partial charge in [0.25, 0.3) is 0 Å². The molecular weight excluding hydrogens is 238 g/mol. The Kier molecular flexibility index (Phi) is 2.19. The van der Waals surface area contributed by atoms with Gasteiger partial charge in [-0.2, -0.15) is 0 Å². The van der Waals surface area contributed by atoms with Crippen molar-refractivity contribution < 1.29 is 0 Å². The first kappa shape index (κ1) is 10.0. The fourth-order valence-electron chi connectivity index (χ4n) is 1.64. The van der Waals surface area contributed by atoms with E-state index in [0.29, 0.717) is 16.5 Å². The van der Waals surface area contributed by atoms with E-state index in [9.17, 15) is 0 Å². The third-order valence-corrected chi connectivity index (χ3v) is 2.76. The summed E-state index contributed by atoms with van der Waals surface area (Å²) in [5, 5.41) is 8.69. The molecule has 0 spiro atoms. The van der Waals surface area contributed by atoms with Crippen molar-refractivity contribution in [3.8, 4) is 11.4 Å². The summed E-state index contributed by atoms with van der Waals surface area (Å²) >= 11 is 6.14. The van der Waals surface area contributed by atoms with Crippen molar-refractivity contribution in [2.45, 2.75) is 0 Å². The maximum absolute atomic E-state index is 6.14. The van der Waals surface area contributed by atoms with Crippen molar-refractivity contribution in [1.29, 1.82) is 0 Å². The van der Waals surface area contributed by atoms with Gasteiger partial charge in [-0.1, -0.05) is 11.6 Å². The molecule has 0 saturated heterocycles. The van der Waals surface area contributed by atoms with Crippen molar-refractivity contribution in [3.63, 3.8) is 0 Å². The SMILES string of the molecule is Nc1ccc(-c2nnc3ccncn23)c(Cl)c1. The first-order chi connectivity index (χ1) is 8.25. The average molecular weight is 246 g/mol. The molecule has 0 atom stereocenters. The summed E-state index contributed by atoms with van der Waals surface area (Å²) in [5.74, 6) is 0.651. The minimum Gasteiger partial charge on any atom is -0.399 e. The summed E-state index contributed by atoms with van der Waals surface area (Å²) in [7, 11) is 0. The molecular formula is C11H8ClN5. The van der Waals surface area contributed by atoms with E-state index in [-0.39, 0.29) is 0 Å². The van der Waals surface area contributed by atoms with Gasteiger partial charge in [-0.15, -0.1) is 10.2 Å². The van der Waals surface area contributed by atoms with Crippen LogP contribution in [0.3, 0.4) is 0 Å². The van der Waals surface area contributed by atoms with Crippen LogP contribution in [-0.2, 0) is 0 Å². The molecule has 3 aromatic rings. The normalized spacial score (nSPS) is 10.9. The number of halogens is 1. The van der Waals surface area contributed by atoms with Crippen molar-refractivity contribution in [2.24, 2.45) is 0 Å². The lowest BCUT2D eigenvalue weighted by Crippen LogP contribution is -1.92. The highest BCUT2D eigenvalue weighted by atomic mass is 35.5. The Labute approximate surface area is 102 Å². The summed E-state index contributed by atoms with van der Waals surface area (Å²) in [6.07, 6.45) is 3.32. The Morgan fingerprint density at radius 1 is 1.18 bits per heavy atom. The van der Waals surface area contributed by atoms with Gasteiger partial charge in [0.15, 0.2) is 11.5 Å². The lowest BCUT2D eigenvalue weighted by Gasteiger charge is -2.03. The predicted octanol–water partition coefficient (Wildman–Crippen LogP) is 2.03. The second-order valence-corrected chi connectivity index (χ2v) is 3.98. The molecule has 6 heteroatoms. The first-order valence-electron chi connectivity index (χ1n) is 4.96. The smallest absolute Gasteiger partial charge is 0.171 e. The highest BCUT2D eigenvalue weighted by molar-refractivity contribution is 6.33. The number of nitrogens with two attached hydrogens (primary N) is 1. The fraction of sp³-hybridized carbons (Fsp3) is 0. The number of benzene rings is 1. The molecule has 0 unspecified atom stereocenters. The molecule has 1 aromatic carbocycles. The monoisotopic (exact) mass is 245 g/mol. The Morgan fingerprint density at radius 2 is 2.06 bits per heavy atom. The van der Waals surface area contributed by atoms with Crippen LogP contribution in [0.2, 0.25) is 5.02 Å². The van der Waals surface area contributed by atoms with E-state index < -0.39 is 0 Å². The summed E-state index contributed by atoms with van der Waals surface area (Å²) < 4.78 is 1.78. The lowest BCUT2D eigenvalue weighted by atomic mass is 10.2. The molecule has 0 aliphatic heterocycles. The van der Waals surface area contributed by atoms with Crippen LogP contribution < -0.4 is 5.73 Å². The molecule has 0 aliphatic rings. The second kappa shape index (κ2) is 3.71. The summed E-state index contributed by atoms with van der Waals surface area (Å²) in [6, 6.07) is 7.07. The average Bonchev–Trinajstić information content (AvgIpc) is 2.73. The summed E-state index contributed by atoms with van der Waals surface area (Å²) in [6.45, 7) is 0. The van der Waals surface area contributed by atoms with Crippen LogP contribution in [0.4, 0.5) is 5.69 Å². The fourth-order valence-corrected chi connectivity index (χ4v) is 1.92. The third kappa shape index (κ3) is 1.60. The molecule has 0 aliphatic carbocycles. The maximum Gasteiger partial charge on any atom is 0.171 e. The molecule has 2 aromatic heterocycles. The van der Waals surface area contributed by atoms with Gasteiger partial charge in [0, 0.05) is 23.5 Å². The number of nitrogens with zero attached hydrogens (tertiary/aromatic N) is 4. The van der Waals surface area contributed by atoms with Crippen molar-refractivity contribution >= 4 is 22.9 Å². The van der Waals surface area contributed by atoms with Gasteiger partial charge < -0.3 is 5.73 Å². The zero-order valence-corrected chi connectivity index (χ0v) is 9.46. The van der Waals surface area contributed by atoms with E-state index in [1.807, 2.05) is 6.07 Å². The maximum atomic E-state index is 6.14. The van der Waals surface area contributed by atoms with E-state index in [1.54, 1.807) is 35.1 Å². The van der Waals surface area contributed by atoms with Crippen LogP contribution in [0, 0.1) is 0 Å². The second-order valence-electron chi connectivity index (χ2n) is 3.57. The Bertz CT molecular complexity index is 691. The molecule has 2 N–H and O–H groups in total. The molecule has 5 nitrogen and oxygen atoms in total. The topological polar surface area (TPSA) is 69.1 Å². The van der Waals surface area contributed by atoms with Crippen LogP contribution in [0.25, 0.3) is 17.0 Å². The minimum absolute atomic E-state index is 0.545.